The molecule has 4 nitrogen and oxygen atoms in total. The molecule has 1 radical (unpaired) electrons. The van der Waals surface area contributed by atoms with E-state index in [-0.39, 0.29) is 11.8 Å². The molecule has 0 unspecified atom stereocenters. The minimum absolute atomic E-state index is 0.212. The van der Waals surface area contributed by atoms with Gasteiger partial charge in [0.05, 0.1) is 0 Å². The van der Waals surface area contributed by atoms with Gasteiger partial charge in [-0.2, -0.15) is 0 Å². The predicted molar refractivity (Wildman–Crippen MR) is 102 cm³/mol. The third kappa shape index (κ3) is 4.57. The Labute approximate surface area is 152 Å². The molecule has 3 rings (SSSR count). The van der Waals surface area contributed by atoms with Gasteiger partial charge in [-0.3, -0.25) is 9.59 Å². The second-order valence-corrected chi connectivity index (χ2v) is 6.00. The molecule has 0 aliphatic rings. The van der Waals surface area contributed by atoms with Crippen molar-refractivity contribution in [2.45, 2.75) is 13.5 Å². The van der Waals surface area contributed by atoms with Crippen molar-refractivity contribution in [1.82, 2.24) is 5.32 Å². The summed E-state index contributed by atoms with van der Waals surface area (Å²) in [5.74, 6) is -0.434. The van der Waals surface area contributed by atoms with Crippen LogP contribution in [0, 0.1) is 13.0 Å². The highest BCUT2D eigenvalue weighted by atomic mass is 16.2. The van der Waals surface area contributed by atoms with Crippen LogP contribution in [-0.4, -0.2) is 11.8 Å². The first-order chi connectivity index (χ1) is 12.6. The molecule has 26 heavy (non-hydrogen) atoms. The summed E-state index contributed by atoms with van der Waals surface area (Å²) in [6, 6.07) is 24.8. The first kappa shape index (κ1) is 17.4. The fourth-order valence-corrected chi connectivity index (χ4v) is 2.46. The average molecular weight is 343 g/mol. The van der Waals surface area contributed by atoms with Crippen LogP contribution in [0.15, 0.2) is 72.8 Å². The highest BCUT2D eigenvalue weighted by Crippen LogP contribution is 2.13. The maximum Gasteiger partial charge on any atom is 0.255 e. The van der Waals surface area contributed by atoms with Crippen LogP contribution in [0.3, 0.4) is 0 Å². The van der Waals surface area contributed by atoms with E-state index in [1.807, 2.05) is 49.4 Å². The van der Waals surface area contributed by atoms with Crippen molar-refractivity contribution in [3.63, 3.8) is 0 Å². The second-order valence-electron chi connectivity index (χ2n) is 6.00. The molecule has 2 amide bonds. The number of nitrogens with one attached hydrogen (secondary N) is 2. The quantitative estimate of drug-likeness (QED) is 0.736. The van der Waals surface area contributed by atoms with Crippen LogP contribution in [0.5, 0.6) is 0 Å². The Balaban J connectivity index is 1.64. The number of rotatable bonds is 5. The number of carbonyl (C=O) groups excluding carboxylic acids is 2. The fraction of sp³-hybridized carbons (Fsp3) is 0.0909. The highest BCUT2D eigenvalue weighted by Gasteiger charge is 2.09. The standard InChI is InChI=1S/C22H19N2O2/c1-16-10-12-18(13-11-16)22(26)24-20-9-5-8-19(14-20)21(25)23-15-17-6-3-2-4-7-17/h2-4,6-14H,15H2,1H3,(H,23,25)(H,24,26). The monoisotopic (exact) mass is 343 g/mol. The fourth-order valence-electron chi connectivity index (χ4n) is 2.46. The van der Waals surface area contributed by atoms with Crippen LogP contribution in [-0.2, 0) is 6.54 Å². The van der Waals surface area contributed by atoms with Crippen LogP contribution in [0.1, 0.15) is 31.8 Å². The van der Waals surface area contributed by atoms with E-state index in [4.69, 9.17) is 0 Å². The SMILES string of the molecule is Cc1ccc(C(=O)Nc2c[c]cc(C(=O)NCc3ccccc3)c2)cc1. The van der Waals surface area contributed by atoms with E-state index in [1.165, 1.54) is 0 Å². The van der Waals surface area contributed by atoms with Crippen molar-refractivity contribution in [3.05, 3.63) is 101 Å². The summed E-state index contributed by atoms with van der Waals surface area (Å²) in [5, 5.41) is 5.66. The minimum Gasteiger partial charge on any atom is -0.348 e. The van der Waals surface area contributed by atoms with Gasteiger partial charge in [0.15, 0.2) is 0 Å². The number of aryl methyl sites for hydroxylation is 1. The van der Waals surface area contributed by atoms with Gasteiger partial charge in [-0.25, -0.2) is 0 Å². The first-order valence-electron chi connectivity index (χ1n) is 8.33. The summed E-state index contributed by atoms with van der Waals surface area (Å²) in [6.07, 6.45) is 0. The van der Waals surface area contributed by atoms with Gasteiger partial charge >= 0.3 is 0 Å². The lowest BCUT2D eigenvalue weighted by Crippen LogP contribution is -2.23. The van der Waals surface area contributed by atoms with E-state index in [0.29, 0.717) is 23.4 Å². The van der Waals surface area contributed by atoms with Gasteiger partial charge in [-0.1, -0.05) is 48.0 Å². The van der Waals surface area contributed by atoms with Crippen LogP contribution in [0.4, 0.5) is 5.69 Å². The summed E-state index contributed by atoms with van der Waals surface area (Å²) in [4.78, 5) is 24.6. The predicted octanol–water partition coefficient (Wildman–Crippen LogP) is 3.98. The van der Waals surface area contributed by atoms with E-state index in [9.17, 15) is 9.59 Å². The molecule has 0 aromatic heterocycles. The van der Waals surface area contributed by atoms with Crippen molar-refractivity contribution < 1.29 is 9.59 Å². The maximum atomic E-state index is 12.3. The Hall–Kier alpha value is -3.40. The second kappa shape index (κ2) is 8.12. The number of amides is 2. The molecule has 0 bridgehead atoms. The van der Waals surface area contributed by atoms with E-state index in [2.05, 4.69) is 16.7 Å². The molecule has 0 saturated heterocycles. The summed E-state index contributed by atoms with van der Waals surface area (Å²) < 4.78 is 0. The van der Waals surface area contributed by atoms with Crippen LogP contribution >= 0.6 is 0 Å². The van der Waals surface area contributed by atoms with Gasteiger partial charge in [-0.15, -0.1) is 0 Å². The summed E-state index contributed by atoms with van der Waals surface area (Å²) >= 11 is 0. The van der Waals surface area contributed by atoms with Gasteiger partial charge in [-0.05, 0) is 48.9 Å². The minimum atomic E-state index is -0.222. The normalized spacial score (nSPS) is 10.2. The lowest BCUT2D eigenvalue weighted by molar-refractivity contribution is 0.0949. The zero-order valence-corrected chi connectivity index (χ0v) is 14.5. The van der Waals surface area contributed by atoms with E-state index >= 15 is 0 Å². The van der Waals surface area contributed by atoms with Crippen molar-refractivity contribution in [2.75, 3.05) is 5.32 Å². The van der Waals surface area contributed by atoms with Crippen molar-refractivity contribution in [1.29, 1.82) is 0 Å². The molecule has 0 spiro atoms. The number of anilines is 1. The lowest BCUT2D eigenvalue weighted by atomic mass is 10.1. The molecular weight excluding hydrogens is 324 g/mol. The molecular formula is C22H19N2O2. The van der Waals surface area contributed by atoms with Gasteiger partial charge < -0.3 is 10.6 Å². The lowest BCUT2D eigenvalue weighted by Gasteiger charge is -2.09. The number of carbonyl (C=O) groups is 2. The first-order valence-corrected chi connectivity index (χ1v) is 8.33. The molecule has 3 aromatic carbocycles. The molecule has 0 saturated carbocycles. The Kier molecular flexibility index (Phi) is 5.44. The van der Waals surface area contributed by atoms with Crippen molar-refractivity contribution in [2.24, 2.45) is 0 Å². The van der Waals surface area contributed by atoms with Crippen molar-refractivity contribution in [3.8, 4) is 0 Å². The number of hydrogen-bond donors (Lipinski definition) is 2. The largest absolute Gasteiger partial charge is 0.348 e. The third-order valence-corrected chi connectivity index (χ3v) is 3.92. The molecule has 0 aliphatic carbocycles. The molecule has 0 heterocycles. The molecule has 0 aliphatic heterocycles. The molecule has 4 heteroatoms. The molecule has 0 atom stereocenters. The Morgan fingerprint density at radius 2 is 1.62 bits per heavy atom. The zero-order chi connectivity index (χ0) is 18.4. The number of benzene rings is 3. The van der Waals surface area contributed by atoms with E-state index < -0.39 is 0 Å². The Morgan fingerprint density at radius 1 is 0.885 bits per heavy atom. The van der Waals surface area contributed by atoms with E-state index in [0.717, 1.165) is 11.1 Å². The average Bonchev–Trinajstić information content (AvgIpc) is 2.67. The molecule has 3 aromatic rings. The highest BCUT2D eigenvalue weighted by molar-refractivity contribution is 6.05. The Bertz CT molecular complexity index is 903. The molecule has 2 N–H and O–H groups in total. The van der Waals surface area contributed by atoms with Gasteiger partial charge in [0, 0.05) is 23.4 Å². The molecule has 129 valence electrons. The van der Waals surface area contributed by atoms with Crippen molar-refractivity contribution >= 4 is 17.5 Å². The van der Waals surface area contributed by atoms with Crippen LogP contribution < -0.4 is 10.6 Å². The summed E-state index contributed by atoms with van der Waals surface area (Å²) in [5.41, 5.74) is 3.65. The van der Waals surface area contributed by atoms with E-state index in [1.54, 1.807) is 30.3 Å². The smallest absolute Gasteiger partial charge is 0.255 e. The third-order valence-electron chi connectivity index (χ3n) is 3.92. The topological polar surface area (TPSA) is 58.2 Å². The summed E-state index contributed by atoms with van der Waals surface area (Å²) in [7, 11) is 0. The van der Waals surface area contributed by atoms with Gasteiger partial charge in [0.1, 0.15) is 0 Å². The van der Waals surface area contributed by atoms with Gasteiger partial charge in [0.2, 0.25) is 0 Å². The zero-order valence-electron chi connectivity index (χ0n) is 14.5. The van der Waals surface area contributed by atoms with Crippen LogP contribution in [0.2, 0.25) is 0 Å². The summed E-state index contributed by atoms with van der Waals surface area (Å²) in [6.45, 7) is 2.41. The molecule has 0 fully saturated rings. The van der Waals surface area contributed by atoms with Gasteiger partial charge in [0.25, 0.3) is 11.8 Å². The van der Waals surface area contributed by atoms with Crippen LogP contribution in [0.25, 0.3) is 0 Å². The Morgan fingerprint density at radius 3 is 2.35 bits per heavy atom. The number of hydrogen-bond acceptors (Lipinski definition) is 2. The maximum absolute atomic E-state index is 12.3.